The summed E-state index contributed by atoms with van der Waals surface area (Å²) in [6.07, 6.45) is 0. The molecule has 0 unspecified atom stereocenters. The number of carbonyl (C=O) groups excluding carboxylic acids is 2. The molecule has 0 bridgehead atoms. The van der Waals surface area contributed by atoms with Crippen LogP contribution in [-0.2, 0) is 4.79 Å². The SMILES string of the molecule is CCOc1ccccc1NCC(=O)N1CCN(C(=O)c2cccs2)CC1. The third-order valence-corrected chi connectivity index (χ3v) is 5.13. The normalized spacial score (nSPS) is 14.2. The van der Waals surface area contributed by atoms with E-state index < -0.39 is 0 Å². The van der Waals surface area contributed by atoms with Gasteiger partial charge in [-0.3, -0.25) is 9.59 Å². The second kappa shape index (κ2) is 8.71. The zero-order valence-electron chi connectivity index (χ0n) is 14.8. The van der Waals surface area contributed by atoms with Crippen molar-refractivity contribution in [3.05, 3.63) is 46.7 Å². The first-order valence-corrected chi connectivity index (χ1v) is 9.63. The number of amides is 2. The molecule has 6 nitrogen and oxygen atoms in total. The fourth-order valence-corrected chi connectivity index (χ4v) is 3.58. The van der Waals surface area contributed by atoms with Gasteiger partial charge in [0.15, 0.2) is 0 Å². The van der Waals surface area contributed by atoms with Gasteiger partial charge in [-0.15, -0.1) is 11.3 Å². The molecule has 1 saturated heterocycles. The molecule has 0 spiro atoms. The molecule has 1 aliphatic rings. The number of rotatable bonds is 6. The minimum atomic E-state index is 0.0273. The van der Waals surface area contributed by atoms with Crippen LogP contribution >= 0.6 is 11.3 Å². The van der Waals surface area contributed by atoms with Crippen molar-refractivity contribution in [1.29, 1.82) is 0 Å². The summed E-state index contributed by atoms with van der Waals surface area (Å²) in [5.74, 6) is 0.824. The van der Waals surface area contributed by atoms with Gasteiger partial charge in [0.2, 0.25) is 5.91 Å². The second-order valence-corrected chi connectivity index (χ2v) is 6.88. The number of ether oxygens (including phenoxy) is 1. The van der Waals surface area contributed by atoms with Crippen LogP contribution in [0.2, 0.25) is 0 Å². The maximum absolute atomic E-state index is 12.5. The Labute approximate surface area is 157 Å². The van der Waals surface area contributed by atoms with Gasteiger partial charge in [0.25, 0.3) is 5.91 Å². The molecule has 3 rings (SSSR count). The van der Waals surface area contributed by atoms with Crippen molar-refractivity contribution in [3.63, 3.8) is 0 Å². The van der Waals surface area contributed by atoms with Crippen LogP contribution in [0.1, 0.15) is 16.6 Å². The van der Waals surface area contributed by atoms with Crippen molar-refractivity contribution < 1.29 is 14.3 Å². The fourth-order valence-electron chi connectivity index (χ4n) is 2.89. The van der Waals surface area contributed by atoms with E-state index in [1.165, 1.54) is 11.3 Å². The van der Waals surface area contributed by atoms with E-state index in [4.69, 9.17) is 4.74 Å². The number of nitrogens with one attached hydrogen (secondary N) is 1. The van der Waals surface area contributed by atoms with Gasteiger partial charge in [-0.25, -0.2) is 0 Å². The average Bonchev–Trinajstić information content (AvgIpc) is 3.21. The number of nitrogens with zero attached hydrogens (tertiary/aromatic N) is 2. The maximum atomic E-state index is 12.5. The molecule has 2 heterocycles. The monoisotopic (exact) mass is 373 g/mol. The van der Waals surface area contributed by atoms with Gasteiger partial charge in [-0.1, -0.05) is 18.2 Å². The first-order valence-electron chi connectivity index (χ1n) is 8.75. The molecule has 0 radical (unpaired) electrons. The predicted octanol–water partition coefficient (Wildman–Crippen LogP) is 2.54. The van der Waals surface area contributed by atoms with E-state index in [1.807, 2.05) is 53.6 Å². The van der Waals surface area contributed by atoms with Gasteiger partial charge < -0.3 is 19.9 Å². The maximum Gasteiger partial charge on any atom is 0.264 e. The molecule has 1 aromatic heterocycles. The third-order valence-electron chi connectivity index (χ3n) is 4.27. The summed E-state index contributed by atoms with van der Waals surface area (Å²) in [4.78, 5) is 29.2. The van der Waals surface area contributed by atoms with Gasteiger partial charge in [-0.2, -0.15) is 0 Å². The van der Waals surface area contributed by atoms with Crippen molar-refractivity contribution in [2.24, 2.45) is 0 Å². The van der Waals surface area contributed by atoms with Crippen molar-refractivity contribution in [2.45, 2.75) is 6.92 Å². The van der Waals surface area contributed by atoms with E-state index in [1.54, 1.807) is 4.90 Å². The number of hydrogen-bond acceptors (Lipinski definition) is 5. The number of hydrogen-bond donors (Lipinski definition) is 1. The van der Waals surface area contributed by atoms with Crippen LogP contribution < -0.4 is 10.1 Å². The summed E-state index contributed by atoms with van der Waals surface area (Å²) >= 11 is 1.45. The summed E-state index contributed by atoms with van der Waals surface area (Å²) in [7, 11) is 0. The number of carbonyl (C=O) groups is 2. The summed E-state index contributed by atoms with van der Waals surface area (Å²) in [6.45, 7) is 4.97. The minimum Gasteiger partial charge on any atom is -0.492 e. The largest absolute Gasteiger partial charge is 0.492 e. The average molecular weight is 373 g/mol. The standard InChI is InChI=1S/C19H23N3O3S/c1-2-25-16-7-4-3-6-15(16)20-14-18(23)21-9-11-22(12-10-21)19(24)17-8-5-13-26-17/h3-8,13,20H,2,9-12,14H2,1H3. The van der Waals surface area contributed by atoms with Crippen LogP contribution in [0.3, 0.4) is 0 Å². The number of para-hydroxylation sites is 2. The van der Waals surface area contributed by atoms with Crippen molar-refractivity contribution in [2.75, 3.05) is 44.6 Å². The highest BCUT2D eigenvalue weighted by Crippen LogP contribution is 2.23. The Balaban J connectivity index is 1.49. The van der Waals surface area contributed by atoms with E-state index >= 15 is 0 Å². The molecule has 2 aromatic rings. The zero-order valence-corrected chi connectivity index (χ0v) is 15.6. The Kier molecular flexibility index (Phi) is 6.12. The molecule has 2 amide bonds. The summed E-state index contributed by atoms with van der Waals surface area (Å²) in [5.41, 5.74) is 0.814. The Hall–Kier alpha value is -2.54. The minimum absolute atomic E-state index is 0.0273. The topological polar surface area (TPSA) is 61.9 Å². The molecule has 7 heteroatoms. The molecule has 0 atom stereocenters. The Bertz CT molecular complexity index is 740. The van der Waals surface area contributed by atoms with Gasteiger partial charge in [0.05, 0.1) is 23.7 Å². The van der Waals surface area contributed by atoms with E-state index in [-0.39, 0.29) is 18.4 Å². The lowest BCUT2D eigenvalue weighted by Crippen LogP contribution is -2.51. The fraction of sp³-hybridized carbons (Fsp3) is 0.368. The molecule has 138 valence electrons. The van der Waals surface area contributed by atoms with Crippen LogP contribution in [0.4, 0.5) is 5.69 Å². The van der Waals surface area contributed by atoms with E-state index in [0.717, 1.165) is 16.3 Å². The number of benzene rings is 1. The van der Waals surface area contributed by atoms with Crippen LogP contribution in [0.25, 0.3) is 0 Å². The molecule has 1 N–H and O–H groups in total. The highest BCUT2D eigenvalue weighted by molar-refractivity contribution is 7.12. The highest BCUT2D eigenvalue weighted by Gasteiger charge is 2.25. The lowest BCUT2D eigenvalue weighted by atomic mass is 10.2. The third kappa shape index (κ3) is 4.35. The Morgan fingerprint density at radius 1 is 1.08 bits per heavy atom. The zero-order chi connectivity index (χ0) is 18.4. The van der Waals surface area contributed by atoms with Gasteiger partial charge in [0.1, 0.15) is 5.75 Å². The van der Waals surface area contributed by atoms with Crippen LogP contribution in [0, 0.1) is 0 Å². The first kappa shape index (κ1) is 18.3. The molecular formula is C19H23N3O3S. The van der Waals surface area contributed by atoms with Crippen molar-refractivity contribution in [1.82, 2.24) is 9.80 Å². The Morgan fingerprint density at radius 3 is 2.50 bits per heavy atom. The summed E-state index contributed by atoms with van der Waals surface area (Å²) in [5, 5.41) is 5.06. The lowest BCUT2D eigenvalue weighted by molar-refractivity contribution is -0.130. The van der Waals surface area contributed by atoms with Gasteiger partial charge in [-0.05, 0) is 30.5 Å². The molecule has 1 fully saturated rings. The quantitative estimate of drug-likeness (QED) is 0.845. The second-order valence-electron chi connectivity index (χ2n) is 5.93. The van der Waals surface area contributed by atoms with Crippen molar-refractivity contribution in [3.8, 4) is 5.75 Å². The summed E-state index contributed by atoms with van der Waals surface area (Å²) in [6, 6.07) is 11.3. The van der Waals surface area contributed by atoms with Crippen molar-refractivity contribution >= 4 is 28.8 Å². The molecule has 26 heavy (non-hydrogen) atoms. The lowest BCUT2D eigenvalue weighted by Gasteiger charge is -2.34. The highest BCUT2D eigenvalue weighted by atomic mass is 32.1. The molecule has 1 aromatic carbocycles. The molecule has 0 saturated carbocycles. The number of anilines is 1. The first-order chi connectivity index (χ1) is 12.7. The van der Waals surface area contributed by atoms with E-state index in [0.29, 0.717) is 32.8 Å². The van der Waals surface area contributed by atoms with Crippen LogP contribution in [0.15, 0.2) is 41.8 Å². The van der Waals surface area contributed by atoms with Gasteiger partial charge >= 0.3 is 0 Å². The Morgan fingerprint density at radius 2 is 1.81 bits per heavy atom. The summed E-state index contributed by atoms with van der Waals surface area (Å²) < 4.78 is 5.56. The van der Waals surface area contributed by atoms with Crippen LogP contribution in [-0.4, -0.2) is 60.9 Å². The van der Waals surface area contributed by atoms with Gasteiger partial charge in [0, 0.05) is 26.2 Å². The molecule has 1 aliphatic heterocycles. The molecule has 0 aliphatic carbocycles. The number of piperazine rings is 1. The predicted molar refractivity (Wildman–Crippen MR) is 103 cm³/mol. The van der Waals surface area contributed by atoms with Crippen LogP contribution in [0.5, 0.6) is 5.75 Å². The smallest absolute Gasteiger partial charge is 0.264 e. The van der Waals surface area contributed by atoms with E-state index in [9.17, 15) is 9.59 Å². The molecular weight excluding hydrogens is 350 g/mol. The number of thiophene rings is 1. The van der Waals surface area contributed by atoms with E-state index in [2.05, 4.69) is 5.32 Å².